The zero-order valence-corrected chi connectivity index (χ0v) is 20.4. The van der Waals surface area contributed by atoms with Gasteiger partial charge in [-0.15, -0.1) is 0 Å². The van der Waals surface area contributed by atoms with Gasteiger partial charge in [-0.1, -0.05) is 96.7 Å². The topological polar surface area (TPSA) is 34.1 Å². The Kier molecular flexibility index (Phi) is 4.20. The molecule has 0 radical (unpaired) electrons. The number of fused-ring (bicyclic) bond motifs is 4. The maximum atomic E-state index is 13.2. The Hall–Kier alpha value is -4.47. The van der Waals surface area contributed by atoms with Gasteiger partial charge in [-0.3, -0.25) is 9.59 Å². The van der Waals surface area contributed by atoms with Crippen LogP contribution in [-0.2, 0) is 0 Å². The van der Waals surface area contributed by atoms with Crippen LogP contribution >= 0.6 is 11.8 Å². The molecular formula is C34H18O2S. The van der Waals surface area contributed by atoms with Crippen molar-refractivity contribution in [3.63, 3.8) is 0 Å². The van der Waals surface area contributed by atoms with Crippen LogP contribution in [0.1, 0.15) is 31.8 Å². The molecule has 2 aliphatic carbocycles. The van der Waals surface area contributed by atoms with E-state index in [1.165, 1.54) is 0 Å². The lowest BCUT2D eigenvalue weighted by atomic mass is 9.83. The highest BCUT2D eigenvalue weighted by atomic mass is 32.2. The van der Waals surface area contributed by atoms with Gasteiger partial charge >= 0.3 is 0 Å². The molecule has 8 rings (SSSR count). The van der Waals surface area contributed by atoms with Gasteiger partial charge in [-0.2, -0.15) is 0 Å². The third kappa shape index (κ3) is 2.89. The fourth-order valence-electron chi connectivity index (χ4n) is 5.98. The SMILES string of the molecule is O=C1c2ccccc2-c2cc(Sc3cc4c5c(cccc5c3)C(=O)c3ccccc3-4)cc3cccc1c23. The van der Waals surface area contributed by atoms with Gasteiger partial charge in [0.1, 0.15) is 0 Å². The summed E-state index contributed by atoms with van der Waals surface area (Å²) in [5.41, 5.74) is 7.24. The minimum atomic E-state index is 0.0896. The lowest BCUT2D eigenvalue weighted by Crippen LogP contribution is -2.10. The van der Waals surface area contributed by atoms with Crippen LogP contribution in [0.3, 0.4) is 0 Å². The Morgan fingerprint density at radius 3 is 1.24 bits per heavy atom. The Morgan fingerprint density at radius 1 is 0.378 bits per heavy atom. The van der Waals surface area contributed by atoms with E-state index in [4.69, 9.17) is 0 Å². The highest BCUT2D eigenvalue weighted by Gasteiger charge is 2.27. The Balaban J connectivity index is 1.34. The van der Waals surface area contributed by atoms with Gasteiger partial charge in [-0.25, -0.2) is 0 Å². The molecule has 0 unspecified atom stereocenters. The Bertz CT molecular complexity index is 1860. The van der Waals surface area contributed by atoms with Crippen molar-refractivity contribution in [2.24, 2.45) is 0 Å². The molecule has 3 heteroatoms. The highest BCUT2D eigenvalue weighted by Crippen LogP contribution is 2.45. The summed E-state index contributed by atoms with van der Waals surface area (Å²) >= 11 is 1.72. The third-order valence-corrected chi connectivity index (χ3v) is 8.49. The van der Waals surface area contributed by atoms with Crippen LogP contribution in [0.5, 0.6) is 0 Å². The zero-order valence-electron chi connectivity index (χ0n) is 19.6. The number of ketones is 2. The van der Waals surface area contributed by atoms with E-state index in [2.05, 4.69) is 36.4 Å². The molecular weight excluding hydrogens is 472 g/mol. The summed E-state index contributed by atoms with van der Waals surface area (Å²) in [6.45, 7) is 0. The lowest BCUT2D eigenvalue weighted by molar-refractivity contribution is 0.103. The third-order valence-electron chi connectivity index (χ3n) is 7.55. The standard InChI is InChI=1S/C34H18O2S/c35-33-25-11-3-1-9-23(25)29-17-21(15-19-7-5-13-27(33)31(19)29)37-22-16-20-8-6-14-28-32(20)30(18-22)24-10-2-4-12-26(24)34(28)36/h1-18H. The van der Waals surface area contributed by atoms with E-state index >= 15 is 0 Å². The summed E-state index contributed by atoms with van der Waals surface area (Å²) in [5, 5.41) is 4.20. The minimum Gasteiger partial charge on any atom is -0.289 e. The van der Waals surface area contributed by atoms with E-state index in [0.717, 1.165) is 75.8 Å². The zero-order chi connectivity index (χ0) is 24.7. The number of hydrogen-bond donors (Lipinski definition) is 0. The molecule has 0 saturated heterocycles. The second-order valence-electron chi connectivity index (χ2n) is 9.60. The predicted molar refractivity (Wildman–Crippen MR) is 150 cm³/mol. The fourth-order valence-corrected chi connectivity index (χ4v) is 6.98. The first kappa shape index (κ1) is 20.7. The highest BCUT2D eigenvalue weighted by molar-refractivity contribution is 7.99. The van der Waals surface area contributed by atoms with Crippen LogP contribution in [-0.4, -0.2) is 11.6 Å². The maximum absolute atomic E-state index is 13.2. The number of hydrogen-bond acceptors (Lipinski definition) is 3. The Morgan fingerprint density at radius 2 is 0.784 bits per heavy atom. The molecule has 6 aromatic rings. The molecule has 0 saturated carbocycles. The molecule has 0 aromatic heterocycles. The molecule has 2 aliphatic rings. The van der Waals surface area contributed by atoms with Crippen molar-refractivity contribution >= 4 is 44.9 Å². The van der Waals surface area contributed by atoms with Crippen molar-refractivity contribution in [3.05, 3.63) is 131 Å². The number of rotatable bonds is 2. The number of carbonyl (C=O) groups excluding carboxylic acids is 2. The summed E-state index contributed by atoms with van der Waals surface area (Å²) in [7, 11) is 0. The molecule has 0 fully saturated rings. The molecule has 2 nitrogen and oxygen atoms in total. The average Bonchev–Trinajstić information content (AvgIpc) is 2.94. The van der Waals surface area contributed by atoms with E-state index in [1.54, 1.807) is 11.8 Å². The van der Waals surface area contributed by atoms with Crippen molar-refractivity contribution in [3.8, 4) is 22.3 Å². The van der Waals surface area contributed by atoms with Crippen molar-refractivity contribution in [2.75, 3.05) is 0 Å². The van der Waals surface area contributed by atoms with Gasteiger partial charge < -0.3 is 0 Å². The second kappa shape index (κ2) is 7.52. The summed E-state index contributed by atoms with van der Waals surface area (Å²) < 4.78 is 0. The molecule has 0 N–H and O–H groups in total. The van der Waals surface area contributed by atoms with Crippen LogP contribution in [0.15, 0.2) is 119 Å². The van der Waals surface area contributed by atoms with Crippen molar-refractivity contribution in [1.29, 1.82) is 0 Å². The van der Waals surface area contributed by atoms with Gasteiger partial charge in [0, 0.05) is 42.8 Å². The molecule has 0 atom stereocenters. The summed E-state index contributed by atoms with van der Waals surface area (Å²) in [6, 6.07) is 36.5. The maximum Gasteiger partial charge on any atom is 0.194 e. The summed E-state index contributed by atoms with van der Waals surface area (Å²) in [4.78, 5) is 28.6. The first-order chi connectivity index (χ1) is 18.2. The van der Waals surface area contributed by atoms with Gasteiger partial charge in [0.2, 0.25) is 0 Å². The Labute approximate surface area is 217 Å². The quantitative estimate of drug-likeness (QED) is 0.243. The predicted octanol–water partition coefficient (Wildman–Crippen LogP) is 8.57. The molecule has 0 bridgehead atoms. The van der Waals surface area contributed by atoms with Gasteiger partial charge in [0.25, 0.3) is 0 Å². The molecule has 0 amide bonds. The molecule has 0 heterocycles. The van der Waals surface area contributed by atoms with Crippen molar-refractivity contribution < 1.29 is 9.59 Å². The second-order valence-corrected chi connectivity index (χ2v) is 10.7. The van der Waals surface area contributed by atoms with E-state index in [9.17, 15) is 9.59 Å². The fraction of sp³-hybridized carbons (Fsp3) is 0. The normalized spacial score (nSPS) is 13.1. The number of benzene rings is 6. The average molecular weight is 491 g/mol. The first-order valence-electron chi connectivity index (χ1n) is 12.3. The van der Waals surface area contributed by atoms with Gasteiger partial charge in [0.15, 0.2) is 11.6 Å². The number of carbonyl (C=O) groups is 2. The van der Waals surface area contributed by atoms with E-state index in [1.807, 2.05) is 72.8 Å². The van der Waals surface area contributed by atoms with E-state index in [0.29, 0.717) is 0 Å². The largest absolute Gasteiger partial charge is 0.289 e. The molecule has 0 aliphatic heterocycles. The summed E-state index contributed by atoms with van der Waals surface area (Å²) in [5.74, 6) is 0.179. The van der Waals surface area contributed by atoms with E-state index < -0.39 is 0 Å². The molecule has 172 valence electrons. The van der Waals surface area contributed by atoms with Crippen LogP contribution in [0.25, 0.3) is 43.8 Å². The van der Waals surface area contributed by atoms with Crippen LogP contribution in [0.4, 0.5) is 0 Å². The monoisotopic (exact) mass is 490 g/mol. The minimum absolute atomic E-state index is 0.0896. The smallest absolute Gasteiger partial charge is 0.194 e. The van der Waals surface area contributed by atoms with Gasteiger partial charge in [0.05, 0.1) is 0 Å². The van der Waals surface area contributed by atoms with Gasteiger partial charge in [-0.05, 0) is 57.3 Å². The first-order valence-corrected chi connectivity index (χ1v) is 13.1. The molecule has 6 aromatic carbocycles. The van der Waals surface area contributed by atoms with Crippen molar-refractivity contribution in [2.45, 2.75) is 9.79 Å². The van der Waals surface area contributed by atoms with Crippen molar-refractivity contribution in [1.82, 2.24) is 0 Å². The molecule has 0 spiro atoms. The molecule has 37 heavy (non-hydrogen) atoms. The van der Waals surface area contributed by atoms with E-state index in [-0.39, 0.29) is 11.6 Å². The van der Waals surface area contributed by atoms with Crippen LogP contribution in [0, 0.1) is 0 Å². The lowest BCUT2D eigenvalue weighted by Gasteiger charge is -2.22. The van der Waals surface area contributed by atoms with Crippen LogP contribution in [0.2, 0.25) is 0 Å². The summed E-state index contributed by atoms with van der Waals surface area (Å²) in [6.07, 6.45) is 0. The van der Waals surface area contributed by atoms with Crippen LogP contribution < -0.4 is 0 Å².